The summed E-state index contributed by atoms with van der Waals surface area (Å²) in [5.41, 5.74) is 7.33. The normalized spacial score (nSPS) is 12.6. The maximum atomic E-state index is 2.40. The van der Waals surface area contributed by atoms with Gasteiger partial charge in [0.1, 0.15) is 0 Å². The Morgan fingerprint density at radius 2 is 1.71 bits per heavy atom. The van der Waals surface area contributed by atoms with Crippen molar-refractivity contribution in [3.8, 4) is 11.1 Å². The Hall–Kier alpha value is -1.56. The van der Waals surface area contributed by atoms with Crippen LogP contribution in [-0.4, -0.2) is 0 Å². The third-order valence-corrected chi connectivity index (χ3v) is 3.50. The second-order valence-electron chi connectivity index (χ2n) is 5.42. The first-order chi connectivity index (χ1) is 8.24. The van der Waals surface area contributed by atoms with Crippen LogP contribution < -0.4 is 0 Å². The zero-order valence-electron chi connectivity index (χ0n) is 10.5. The van der Waals surface area contributed by atoms with Crippen molar-refractivity contribution in [1.29, 1.82) is 0 Å². The van der Waals surface area contributed by atoms with E-state index in [9.17, 15) is 0 Å². The Bertz CT molecular complexity index is 550. The van der Waals surface area contributed by atoms with Crippen molar-refractivity contribution in [2.24, 2.45) is 5.92 Å². The Labute approximate surface area is 103 Å². The molecular formula is C17H18. The predicted molar refractivity (Wildman–Crippen MR) is 73.2 cm³/mol. The molecule has 3 rings (SSSR count). The molecule has 1 aliphatic rings. The van der Waals surface area contributed by atoms with Gasteiger partial charge in [0.25, 0.3) is 0 Å². The molecule has 17 heavy (non-hydrogen) atoms. The molecule has 0 atom stereocenters. The fourth-order valence-corrected chi connectivity index (χ4v) is 2.80. The first-order valence-electron chi connectivity index (χ1n) is 6.44. The van der Waals surface area contributed by atoms with Crippen molar-refractivity contribution >= 4 is 0 Å². The van der Waals surface area contributed by atoms with Crippen molar-refractivity contribution in [1.82, 2.24) is 0 Å². The fourth-order valence-electron chi connectivity index (χ4n) is 2.80. The first kappa shape index (κ1) is 10.6. The summed E-state index contributed by atoms with van der Waals surface area (Å²) in [6.07, 6.45) is 2.29. The molecule has 0 saturated carbocycles. The van der Waals surface area contributed by atoms with Gasteiger partial charge in [0, 0.05) is 0 Å². The molecule has 2 aromatic carbocycles. The van der Waals surface area contributed by atoms with Crippen LogP contribution in [0.4, 0.5) is 0 Å². The van der Waals surface area contributed by atoms with Gasteiger partial charge in [0.2, 0.25) is 0 Å². The van der Waals surface area contributed by atoms with Gasteiger partial charge < -0.3 is 0 Å². The summed E-state index contributed by atoms with van der Waals surface area (Å²) in [4.78, 5) is 0. The predicted octanol–water partition coefficient (Wildman–Crippen LogP) is 4.46. The first-order valence-corrected chi connectivity index (χ1v) is 6.44. The molecule has 0 radical (unpaired) electrons. The summed E-state index contributed by atoms with van der Waals surface area (Å²) in [6, 6.07) is 15.8. The van der Waals surface area contributed by atoms with E-state index in [1.165, 1.54) is 34.2 Å². The van der Waals surface area contributed by atoms with E-state index in [0.29, 0.717) is 0 Å². The van der Waals surface area contributed by atoms with Gasteiger partial charge in [-0.15, -0.1) is 0 Å². The van der Waals surface area contributed by atoms with Crippen LogP contribution >= 0.6 is 0 Å². The van der Waals surface area contributed by atoms with E-state index in [0.717, 1.165) is 12.3 Å². The van der Waals surface area contributed by atoms with E-state index in [1.54, 1.807) is 0 Å². The van der Waals surface area contributed by atoms with Gasteiger partial charge in [-0.1, -0.05) is 56.3 Å². The molecule has 0 heterocycles. The van der Waals surface area contributed by atoms with Crippen molar-refractivity contribution in [2.45, 2.75) is 26.7 Å². The lowest BCUT2D eigenvalue weighted by atomic mass is 9.98. The quantitative estimate of drug-likeness (QED) is 0.600. The summed E-state index contributed by atoms with van der Waals surface area (Å²) in [7, 11) is 0. The topological polar surface area (TPSA) is 0 Å². The fraction of sp³-hybridized carbons (Fsp3) is 0.294. The van der Waals surface area contributed by atoms with Crippen molar-refractivity contribution in [3.63, 3.8) is 0 Å². The lowest BCUT2D eigenvalue weighted by molar-refractivity contribution is 0.647. The van der Waals surface area contributed by atoms with Crippen LogP contribution in [0.2, 0.25) is 0 Å². The Balaban J connectivity index is 2.01. The van der Waals surface area contributed by atoms with E-state index < -0.39 is 0 Å². The smallest absolute Gasteiger partial charge is 0.00134 e. The number of hydrogen-bond donors (Lipinski definition) is 0. The Morgan fingerprint density at radius 1 is 0.941 bits per heavy atom. The number of hydrogen-bond acceptors (Lipinski definition) is 0. The van der Waals surface area contributed by atoms with Gasteiger partial charge in [-0.2, -0.15) is 0 Å². The molecular weight excluding hydrogens is 204 g/mol. The largest absolute Gasteiger partial charge is 0.0625 e. The van der Waals surface area contributed by atoms with Crippen LogP contribution in [0.15, 0.2) is 42.5 Å². The molecule has 86 valence electrons. The lowest BCUT2D eigenvalue weighted by Gasteiger charge is -2.07. The lowest BCUT2D eigenvalue weighted by Crippen LogP contribution is -1.94. The highest BCUT2D eigenvalue weighted by atomic mass is 14.2. The van der Waals surface area contributed by atoms with E-state index in [2.05, 4.69) is 56.3 Å². The molecule has 2 aromatic rings. The summed E-state index contributed by atoms with van der Waals surface area (Å²) < 4.78 is 0. The molecule has 0 fully saturated rings. The minimum absolute atomic E-state index is 0.733. The van der Waals surface area contributed by atoms with Crippen molar-refractivity contribution in [2.75, 3.05) is 0 Å². The average Bonchev–Trinajstić information content (AvgIpc) is 2.65. The average molecular weight is 222 g/mol. The molecule has 0 aromatic heterocycles. The molecule has 0 aliphatic heterocycles. The molecule has 0 N–H and O–H groups in total. The van der Waals surface area contributed by atoms with Gasteiger partial charge in [0.15, 0.2) is 0 Å². The van der Waals surface area contributed by atoms with Gasteiger partial charge in [-0.3, -0.25) is 0 Å². The second kappa shape index (κ2) is 4.03. The van der Waals surface area contributed by atoms with Crippen LogP contribution in [-0.2, 0) is 12.8 Å². The van der Waals surface area contributed by atoms with Crippen molar-refractivity contribution in [3.05, 3.63) is 59.2 Å². The van der Waals surface area contributed by atoms with Crippen LogP contribution in [0.1, 0.15) is 30.5 Å². The van der Waals surface area contributed by atoms with Crippen LogP contribution in [0, 0.1) is 5.92 Å². The van der Waals surface area contributed by atoms with E-state index in [-0.39, 0.29) is 0 Å². The van der Waals surface area contributed by atoms with E-state index in [1.807, 2.05) is 0 Å². The summed E-state index contributed by atoms with van der Waals surface area (Å²) in [5, 5.41) is 0. The maximum Gasteiger partial charge on any atom is -0.00134 e. The minimum atomic E-state index is 0.733. The van der Waals surface area contributed by atoms with Crippen LogP contribution in [0.5, 0.6) is 0 Å². The molecule has 0 heteroatoms. The standard InChI is InChI=1S/C17H18/c1-12(2)9-13-7-8-17-15(10-13)11-14-5-3-4-6-16(14)17/h3-8,10,12H,9,11H2,1-2H3. The zero-order valence-corrected chi connectivity index (χ0v) is 10.5. The van der Waals surface area contributed by atoms with Gasteiger partial charge in [-0.05, 0) is 46.6 Å². The maximum absolute atomic E-state index is 2.40. The monoisotopic (exact) mass is 222 g/mol. The molecule has 0 unspecified atom stereocenters. The van der Waals surface area contributed by atoms with Gasteiger partial charge in [-0.25, -0.2) is 0 Å². The molecule has 0 amide bonds. The van der Waals surface area contributed by atoms with Gasteiger partial charge in [0.05, 0.1) is 0 Å². The number of fused-ring (bicyclic) bond motifs is 3. The highest BCUT2D eigenvalue weighted by molar-refractivity contribution is 5.76. The summed E-state index contributed by atoms with van der Waals surface area (Å²) in [6.45, 7) is 4.56. The third kappa shape index (κ3) is 1.88. The highest BCUT2D eigenvalue weighted by Crippen LogP contribution is 2.36. The van der Waals surface area contributed by atoms with E-state index >= 15 is 0 Å². The third-order valence-electron chi connectivity index (χ3n) is 3.50. The van der Waals surface area contributed by atoms with E-state index in [4.69, 9.17) is 0 Å². The highest BCUT2D eigenvalue weighted by Gasteiger charge is 2.17. The van der Waals surface area contributed by atoms with Gasteiger partial charge >= 0.3 is 0 Å². The molecule has 1 aliphatic carbocycles. The van der Waals surface area contributed by atoms with Crippen molar-refractivity contribution < 1.29 is 0 Å². The summed E-state index contributed by atoms with van der Waals surface area (Å²) >= 11 is 0. The zero-order chi connectivity index (χ0) is 11.8. The molecule has 0 spiro atoms. The molecule has 0 saturated heterocycles. The Kier molecular flexibility index (Phi) is 2.51. The molecule has 0 bridgehead atoms. The van der Waals surface area contributed by atoms with Crippen LogP contribution in [0.25, 0.3) is 11.1 Å². The minimum Gasteiger partial charge on any atom is -0.0625 e. The Morgan fingerprint density at radius 3 is 2.53 bits per heavy atom. The van der Waals surface area contributed by atoms with Crippen LogP contribution in [0.3, 0.4) is 0 Å². The molecule has 0 nitrogen and oxygen atoms in total. The number of rotatable bonds is 2. The second-order valence-corrected chi connectivity index (χ2v) is 5.42. The number of benzene rings is 2. The SMILES string of the molecule is CC(C)Cc1ccc2c(c1)Cc1ccccc1-2. The summed E-state index contributed by atoms with van der Waals surface area (Å²) in [5.74, 6) is 0.733.